The van der Waals surface area contributed by atoms with Gasteiger partial charge in [0, 0.05) is 38.0 Å². The molecule has 2 saturated carbocycles. The molecule has 1 heterocycles. The highest BCUT2D eigenvalue weighted by Gasteiger charge is 2.39. The first-order chi connectivity index (χ1) is 11.6. The van der Waals surface area contributed by atoms with Crippen molar-refractivity contribution < 1.29 is 14.4 Å². The minimum atomic E-state index is -0.199. The lowest BCUT2D eigenvalue weighted by Gasteiger charge is -2.29. The highest BCUT2D eigenvalue weighted by molar-refractivity contribution is 5.89. The molecule has 1 unspecified atom stereocenters. The second-order valence-corrected chi connectivity index (χ2v) is 7.56. The molecule has 2 N–H and O–H groups in total. The molecule has 3 aliphatic rings. The van der Waals surface area contributed by atoms with Crippen molar-refractivity contribution in [1.29, 1.82) is 0 Å². The van der Waals surface area contributed by atoms with E-state index in [0.717, 1.165) is 38.5 Å². The van der Waals surface area contributed by atoms with Gasteiger partial charge in [-0.05, 0) is 38.5 Å². The molecule has 24 heavy (non-hydrogen) atoms. The van der Waals surface area contributed by atoms with E-state index in [-0.39, 0.29) is 35.6 Å². The summed E-state index contributed by atoms with van der Waals surface area (Å²) in [6, 6.07) is 0.507. The van der Waals surface area contributed by atoms with Crippen molar-refractivity contribution in [2.75, 3.05) is 13.6 Å². The van der Waals surface area contributed by atoms with Crippen LogP contribution in [-0.4, -0.2) is 48.3 Å². The average molecular weight is 335 g/mol. The Balaban J connectivity index is 1.46. The number of hydrogen-bond acceptors (Lipinski definition) is 3. The summed E-state index contributed by atoms with van der Waals surface area (Å²) in [5.74, 6) is 0.148. The predicted octanol–water partition coefficient (Wildman–Crippen LogP) is 1.20. The molecule has 3 fully saturated rings. The Bertz CT molecular complexity index is 494. The number of likely N-dealkylation sites (tertiary alicyclic amines) is 1. The lowest BCUT2D eigenvalue weighted by Crippen LogP contribution is -2.43. The molecule has 1 atom stereocenters. The van der Waals surface area contributed by atoms with Crippen LogP contribution in [0.15, 0.2) is 0 Å². The quantitative estimate of drug-likeness (QED) is 0.810. The third kappa shape index (κ3) is 3.73. The monoisotopic (exact) mass is 335 g/mol. The molecule has 134 valence electrons. The highest BCUT2D eigenvalue weighted by Crippen LogP contribution is 2.30. The molecule has 0 radical (unpaired) electrons. The zero-order valence-corrected chi connectivity index (χ0v) is 14.6. The van der Waals surface area contributed by atoms with E-state index >= 15 is 0 Å². The Kier molecular flexibility index (Phi) is 5.41. The number of nitrogens with zero attached hydrogens (tertiary/aromatic N) is 1. The Hall–Kier alpha value is -1.59. The average Bonchev–Trinajstić information content (AvgIpc) is 3.24. The summed E-state index contributed by atoms with van der Waals surface area (Å²) in [5, 5.41) is 5.82. The van der Waals surface area contributed by atoms with Crippen LogP contribution >= 0.6 is 0 Å². The van der Waals surface area contributed by atoms with Crippen LogP contribution in [0.4, 0.5) is 0 Å². The van der Waals surface area contributed by atoms with Gasteiger partial charge in [0.25, 0.3) is 0 Å². The summed E-state index contributed by atoms with van der Waals surface area (Å²) in [6.45, 7) is 0.586. The molecule has 3 amide bonds. The molecule has 6 heteroatoms. The summed E-state index contributed by atoms with van der Waals surface area (Å²) in [4.78, 5) is 38.3. The molecule has 0 aromatic rings. The SMILES string of the molecule is CNC(=O)C1CCC(NC(=O)C2CC(=O)N(C3CCCC3)C2)CC1. The van der Waals surface area contributed by atoms with Gasteiger partial charge in [-0.3, -0.25) is 14.4 Å². The van der Waals surface area contributed by atoms with Gasteiger partial charge in [-0.1, -0.05) is 12.8 Å². The Morgan fingerprint density at radius 3 is 2.25 bits per heavy atom. The Labute approximate surface area is 143 Å². The van der Waals surface area contributed by atoms with Crippen molar-refractivity contribution in [3.05, 3.63) is 0 Å². The van der Waals surface area contributed by atoms with Gasteiger partial charge in [0.15, 0.2) is 0 Å². The fourth-order valence-corrected chi connectivity index (χ4v) is 4.50. The maximum absolute atomic E-state index is 12.5. The summed E-state index contributed by atoms with van der Waals surface area (Å²) >= 11 is 0. The molecule has 1 aliphatic heterocycles. The smallest absolute Gasteiger partial charge is 0.225 e. The normalized spacial score (nSPS) is 31.3. The van der Waals surface area contributed by atoms with Crippen molar-refractivity contribution in [3.8, 4) is 0 Å². The van der Waals surface area contributed by atoms with Crippen molar-refractivity contribution in [2.45, 2.75) is 69.9 Å². The van der Waals surface area contributed by atoms with Gasteiger partial charge in [-0.25, -0.2) is 0 Å². The zero-order valence-electron chi connectivity index (χ0n) is 14.6. The summed E-state index contributed by atoms with van der Waals surface area (Å²) < 4.78 is 0. The van der Waals surface area contributed by atoms with Crippen molar-refractivity contribution in [3.63, 3.8) is 0 Å². The van der Waals surface area contributed by atoms with Gasteiger partial charge < -0.3 is 15.5 Å². The number of nitrogens with one attached hydrogen (secondary N) is 2. The second-order valence-electron chi connectivity index (χ2n) is 7.56. The van der Waals surface area contributed by atoms with Crippen molar-refractivity contribution in [2.24, 2.45) is 11.8 Å². The van der Waals surface area contributed by atoms with E-state index in [1.165, 1.54) is 12.8 Å². The third-order valence-corrected chi connectivity index (χ3v) is 5.99. The predicted molar refractivity (Wildman–Crippen MR) is 90.0 cm³/mol. The van der Waals surface area contributed by atoms with Gasteiger partial charge >= 0.3 is 0 Å². The minimum absolute atomic E-state index is 0.0206. The maximum Gasteiger partial charge on any atom is 0.225 e. The number of amides is 3. The topological polar surface area (TPSA) is 78.5 Å². The molecular weight excluding hydrogens is 306 g/mol. The number of carbonyl (C=O) groups excluding carboxylic acids is 3. The van der Waals surface area contributed by atoms with Crippen LogP contribution in [0.25, 0.3) is 0 Å². The molecule has 1 saturated heterocycles. The molecular formula is C18H29N3O3. The maximum atomic E-state index is 12.5. The van der Waals surface area contributed by atoms with Crippen LogP contribution in [-0.2, 0) is 14.4 Å². The molecule has 3 rings (SSSR count). The van der Waals surface area contributed by atoms with Crippen LogP contribution in [0.5, 0.6) is 0 Å². The second kappa shape index (κ2) is 7.53. The summed E-state index contributed by atoms with van der Waals surface area (Å²) in [6.07, 6.45) is 8.25. The van der Waals surface area contributed by atoms with Gasteiger partial charge in [0.1, 0.15) is 0 Å². The van der Waals surface area contributed by atoms with Crippen LogP contribution < -0.4 is 10.6 Å². The molecule has 0 bridgehead atoms. The van der Waals surface area contributed by atoms with Gasteiger partial charge in [0.2, 0.25) is 17.7 Å². The summed E-state index contributed by atoms with van der Waals surface area (Å²) in [7, 11) is 1.67. The summed E-state index contributed by atoms with van der Waals surface area (Å²) in [5.41, 5.74) is 0. The molecule has 2 aliphatic carbocycles. The van der Waals surface area contributed by atoms with E-state index < -0.39 is 0 Å². The first-order valence-electron chi connectivity index (χ1n) is 9.40. The van der Waals surface area contributed by atoms with E-state index in [1.807, 2.05) is 4.90 Å². The first-order valence-corrected chi connectivity index (χ1v) is 9.40. The van der Waals surface area contributed by atoms with E-state index in [1.54, 1.807) is 7.05 Å². The van der Waals surface area contributed by atoms with Crippen LogP contribution in [0.3, 0.4) is 0 Å². The van der Waals surface area contributed by atoms with Gasteiger partial charge in [-0.2, -0.15) is 0 Å². The number of hydrogen-bond donors (Lipinski definition) is 2. The van der Waals surface area contributed by atoms with Gasteiger partial charge in [0.05, 0.1) is 5.92 Å². The van der Waals surface area contributed by atoms with Gasteiger partial charge in [-0.15, -0.1) is 0 Å². The molecule has 6 nitrogen and oxygen atoms in total. The van der Waals surface area contributed by atoms with E-state index in [9.17, 15) is 14.4 Å². The lowest BCUT2D eigenvalue weighted by molar-refractivity contribution is -0.130. The largest absolute Gasteiger partial charge is 0.359 e. The third-order valence-electron chi connectivity index (χ3n) is 5.99. The van der Waals surface area contributed by atoms with Crippen LogP contribution in [0.2, 0.25) is 0 Å². The standard InChI is InChI=1S/C18H29N3O3/c1-19-17(23)12-6-8-14(9-7-12)20-18(24)13-10-16(22)21(11-13)15-4-2-3-5-15/h12-15H,2-11H2,1H3,(H,19,23)(H,20,24). The Morgan fingerprint density at radius 1 is 0.958 bits per heavy atom. The molecule has 0 spiro atoms. The number of carbonyl (C=O) groups is 3. The van der Waals surface area contributed by atoms with Crippen LogP contribution in [0.1, 0.15) is 57.8 Å². The highest BCUT2D eigenvalue weighted by atomic mass is 16.2. The molecule has 0 aromatic carbocycles. The first kappa shape index (κ1) is 17.2. The van der Waals surface area contributed by atoms with Crippen molar-refractivity contribution >= 4 is 17.7 Å². The fraction of sp³-hybridized carbons (Fsp3) is 0.833. The molecule has 0 aromatic heterocycles. The van der Waals surface area contributed by atoms with E-state index in [4.69, 9.17) is 0 Å². The van der Waals surface area contributed by atoms with E-state index in [2.05, 4.69) is 10.6 Å². The number of rotatable bonds is 4. The fourth-order valence-electron chi connectivity index (χ4n) is 4.50. The van der Waals surface area contributed by atoms with E-state index in [0.29, 0.717) is 19.0 Å². The van der Waals surface area contributed by atoms with Crippen molar-refractivity contribution in [1.82, 2.24) is 15.5 Å². The lowest BCUT2D eigenvalue weighted by atomic mass is 9.85. The zero-order chi connectivity index (χ0) is 17.1. The Morgan fingerprint density at radius 2 is 1.62 bits per heavy atom. The minimum Gasteiger partial charge on any atom is -0.359 e. The van der Waals surface area contributed by atoms with Crippen LogP contribution in [0, 0.1) is 11.8 Å².